The highest BCUT2D eigenvalue weighted by Crippen LogP contribution is 2.25. The van der Waals surface area contributed by atoms with E-state index in [1.54, 1.807) is 6.26 Å². The number of aryl methyl sites for hydroxylation is 2. The molecule has 0 saturated heterocycles. The molecule has 0 unspecified atom stereocenters. The third-order valence-corrected chi connectivity index (χ3v) is 4.39. The van der Waals surface area contributed by atoms with Gasteiger partial charge in [0, 0.05) is 28.9 Å². The van der Waals surface area contributed by atoms with Crippen LogP contribution in [0.5, 0.6) is 0 Å². The molecule has 0 aliphatic rings. The maximum Gasteiger partial charge on any atom is 0.174 e. The molecule has 0 aromatic carbocycles. The summed E-state index contributed by atoms with van der Waals surface area (Å²) < 4.78 is 7.26. The molecule has 2 aromatic rings. The maximum atomic E-state index is 12.2. The van der Waals surface area contributed by atoms with E-state index in [1.807, 2.05) is 44.5 Å². The highest BCUT2D eigenvalue weighted by molar-refractivity contribution is 8.00. The number of hydrogen-bond donors (Lipinski definition) is 0. The summed E-state index contributed by atoms with van der Waals surface area (Å²) in [5.74, 6) is 1.49. The molecule has 0 bridgehead atoms. The minimum absolute atomic E-state index is 0.168. The Morgan fingerprint density at radius 3 is 2.61 bits per heavy atom. The van der Waals surface area contributed by atoms with Crippen LogP contribution in [0, 0.1) is 20.8 Å². The van der Waals surface area contributed by atoms with Crippen molar-refractivity contribution in [1.29, 1.82) is 0 Å². The number of carbonyl (C=O) groups is 1. The largest absolute Gasteiger partial charge is 0.468 e. The average molecular weight is 263 g/mol. The molecule has 2 rings (SSSR count). The minimum atomic E-state index is 0.168. The van der Waals surface area contributed by atoms with E-state index in [2.05, 4.69) is 0 Å². The molecule has 96 valence electrons. The first-order chi connectivity index (χ1) is 8.50. The van der Waals surface area contributed by atoms with E-state index in [1.165, 1.54) is 11.8 Å². The molecule has 18 heavy (non-hydrogen) atoms. The lowest BCUT2D eigenvalue weighted by Gasteiger charge is -2.02. The van der Waals surface area contributed by atoms with Gasteiger partial charge in [0.1, 0.15) is 5.76 Å². The molecule has 2 heterocycles. The van der Waals surface area contributed by atoms with Crippen LogP contribution in [-0.4, -0.2) is 16.1 Å². The summed E-state index contributed by atoms with van der Waals surface area (Å²) in [6, 6.07) is 3.86. The van der Waals surface area contributed by atoms with E-state index in [-0.39, 0.29) is 5.78 Å². The Morgan fingerprint density at radius 1 is 1.39 bits per heavy atom. The summed E-state index contributed by atoms with van der Waals surface area (Å²) in [5, 5.41) is 0. The second kappa shape index (κ2) is 5.06. The van der Waals surface area contributed by atoms with Crippen molar-refractivity contribution in [3.8, 4) is 0 Å². The number of carbonyl (C=O) groups excluding carboxylic acids is 1. The summed E-state index contributed by atoms with van der Waals surface area (Å²) in [6.45, 7) is 5.90. The molecule has 0 aliphatic carbocycles. The molecule has 0 amide bonds. The fourth-order valence-electron chi connectivity index (χ4n) is 1.88. The molecule has 3 nitrogen and oxygen atoms in total. The van der Waals surface area contributed by atoms with Crippen molar-refractivity contribution in [3.63, 3.8) is 0 Å². The van der Waals surface area contributed by atoms with Crippen LogP contribution in [-0.2, 0) is 7.05 Å². The predicted octanol–water partition coefficient (Wildman–Crippen LogP) is 3.52. The van der Waals surface area contributed by atoms with Gasteiger partial charge in [-0.2, -0.15) is 0 Å². The molecular weight excluding hydrogens is 246 g/mol. The number of hydrogen-bond acceptors (Lipinski definition) is 3. The van der Waals surface area contributed by atoms with E-state index in [9.17, 15) is 4.79 Å². The summed E-state index contributed by atoms with van der Waals surface area (Å²) in [5.41, 5.74) is 2.96. The molecule has 0 radical (unpaired) electrons. The molecule has 0 N–H and O–H groups in total. The first-order valence-corrected chi connectivity index (χ1v) is 6.82. The summed E-state index contributed by atoms with van der Waals surface area (Å²) in [4.78, 5) is 13.2. The molecule has 4 heteroatoms. The fourth-order valence-corrected chi connectivity index (χ4v) is 2.73. The van der Waals surface area contributed by atoms with Crippen LogP contribution in [0.2, 0.25) is 0 Å². The van der Waals surface area contributed by atoms with Gasteiger partial charge in [0.2, 0.25) is 0 Å². The fraction of sp³-hybridized carbons (Fsp3) is 0.357. The summed E-state index contributed by atoms with van der Waals surface area (Å²) in [6.07, 6.45) is 1.65. The third kappa shape index (κ3) is 2.38. The number of ketones is 1. The normalized spacial score (nSPS) is 10.9. The van der Waals surface area contributed by atoms with Crippen LogP contribution in [0.3, 0.4) is 0 Å². The van der Waals surface area contributed by atoms with Crippen molar-refractivity contribution < 1.29 is 9.21 Å². The first kappa shape index (κ1) is 13.0. The second-order valence-corrected chi connectivity index (χ2v) is 5.41. The minimum Gasteiger partial charge on any atom is -0.468 e. The van der Waals surface area contributed by atoms with Gasteiger partial charge in [0.15, 0.2) is 5.78 Å². The number of furan rings is 1. The zero-order valence-corrected chi connectivity index (χ0v) is 11.9. The Kier molecular flexibility index (Phi) is 3.66. The highest BCUT2D eigenvalue weighted by atomic mass is 32.2. The number of nitrogens with zero attached hydrogens (tertiary/aromatic N) is 1. The van der Waals surface area contributed by atoms with Crippen LogP contribution in [0.1, 0.15) is 27.5 Å². The predicted molar refractivity (Wildman–Crippen MR) is 73.4 cm³/mol. The van der Waals surface area contributed by atoms with Crippen LogP contribution >= 0.6 is 11.8 Å². The number of Topliss-reactive ketones (excluding diaryl/α,β-unsaturated/α-hetero) is 1. The van der Waals surface area contributed by atoms with Crippen LogP contribution < -0.4 is 0 Å². The van der Waals surface area contributed by atoms with Crippen molar-refractivity contribution in [2.75, 3.05) is 5.75 Å². The van der Waals surface area contributed by atoms with Crippen molar-refractivity contribution >= 4 is 17.5 Å². The van der Waals surface area contributed by atoms with Crippen molar-refractivity contribution in [1.82, 2.24) is 4.57 Å². The van der Waals surface area contributed by atoms with E-state index in [0.29, 0.717) is 5.75 Å². The van der Waals surface area contributed by atoms with E-state index in [4.69, 9.17) is 4.42 Å². The Hall–Kier alpha value is -1.42. The van der Waals surface area contributed by atoms with Crippen molar-refractivity contribution in [3.05, 3.63) is 41.1 Å². The lowest BCUT2D eigenvalue weighted by atomic mass is 10.2. The van der Waals surface area contributed by atoms with Gasteiger partial charge in [-0.15, -0.1) is 11.8 Å². The topological polar surface area (TPSA) is 35.1 Å². The number of aromatic nitrogens is 1. The lowest BCUT2D eigenvalue weighted by Crippen LogP contribution is -2.04. The second-order valence-electron chi connectivity index (χ2n) is 4.40. The molecule has 0 spiro atoms. The molecule has 0 aliphatic heterocycles. The van der Waals surface area contributed by atoms with Gasteiger partial charge in [-0.1, -0.05) is 0 Å². The smallest absolute Gasteiger partial charge is 0.174 e. The number of rotatable bonds is 4. The van der Waals surface area contributed by atoms with Gasteiger partial charge in [-0.3, -0.25) is 4.79 Å². The summed E-state index contributed by atoms with van der Waals surface area (Å²) >= 11 is 1.53. The third-order valence-electron chi connectivity index (χ3n) is 3.25. The molecule has 0 atom stereocenters. The zero-order valence-electron chi connectivity index (χ0n) is 11.1. The van der Waals surface area contributed by atoms with Crippen LogP contribution in [0.4, 0.5) is 0 Å². The molecule has 2 aromatic heterocycles. The van der Waals surface area contributed by atoms with Crippen LogP contribution in [0.15, 0.2) is 27.7 Å². The van der Waals surface area contributed by atoms with Gasteiger partial charge >= 0.3 is 0 Å². The Balaban J connectivity index is 2.09. The van der Waals surface area contributed by atoms with Gasteiger partial charge in [-0.25, -0.2) is 0 Å². The summed E-state index contributed by atoms with van der Waals surface area (Å²) in [7, 11) is 1.98. The molecule has 0 saturated carbocycles. The number of thioether (sulfide) groups is 1. The average Bonchev–Trinajstić information content (AvgIpc) is 2.86. The molecule has 0 fully saturated rings. The Bertz CT molecular complexity index is 581. The lowest BCUT2D eigenvalue weighted by molar-refractivity contribution is 0.102. The quantitative estimate of drug-likeness (QED) is 0.625. The van der Waals surface area contributed by atoms with Gasteiger partial charge < -0.3 is 8.98 Å². The standard InChI is InChI=1S/C14H17NO2S/c1-9-7-12(10(2)15(9)4)13(16)8-18-14-5-6-17-11(14)3/h5-7H,8H2,1-4H3. The van der Waals surface area contributed by atoms with Gasteiger partial charge in [-0.05, 0) is 32.9 Å². The highest BCUT2D eigenvalue weighted by Gasteiger charge is 2.15. The van der Waals surface area contributed by atoms with Crippen molar-refractivity contribution in [2.45, 2.75) is 25.7 Å². The first-order valence-electron chi connectivity index (χ1n) is 5.83. The zero-order chi connectivity index (χ0) is 13.3. The maximum absolute atomic E-state index is 12.2. The van der Waals surface area contributed by atoms with E-state index in [0.717, 1.165) is 27.6 Å². The van der Waals surface area contributed by atoms with E-state index < -0.39 is 0 Å². The van der Waals surface area contributed by atoms with Crippen LogP contribution in [0.25, 0.3) is 0 Å². The van der Waals surface area contributed by atoms with Gasteiger partial charge in [0.25, 0.3) is 0 Å². The monoisotopic (exact) mass is 263 g/mol. The van der Waals surface area contributed by atoms with Crippen molar-refractivity contribution in [2.24, 2.45) is 7.05 Å². The molecular formula is C14H17NO2S. The van der Waals surface area contributed by atoms with E-state index >= 15 is 0 Å². The van der Waals surface area contributed by atoms with Gasteiger partial charge in [0.05, 0.1) is 12.0 Å². The SMILES string of the molecule is Cc1occc1SCC(=O)c1cc(C)n(C)c1C. The Morgan fingerprint density at radius 2 is 2.11 bits per heavy atom. The Labute approximate surface area is 111 Å².